The van der Waals surface area contributed by atoms with E-state index in [9.17, 15) is 13.2 Å². The van der Waals surface area contributed by atoms with Gasteiger partial charge >= 0.3 is 0 Å². The van der Waals surface area contributed by atoms with Crippen LogP contribution < -0.4 is 0 Å². The molecule has 2 aliphatic rings. The molecule has 0 N–H and O–H groups in total. The molecule has 2 aliphatic heterocycles. The van der Waals surface area contributed by atoms with Crippen LogP contribution in [-0.2, 0) is 9.47 Å². The van der Waals surface area contributed by atoms with E-state index in [-0.39, 0.29) is 35.1 Å². The molecule has 3 aromatic carbocycles. The lowest BCUT2D eigenvalue weighted by Gasteiger charge is -2.28. The molecule has 3 unspecified atom stereocenters. The van der Waals surface area contributed by atoms with Crippen LogP contribution in [0.3, 0.4) is 0 Å². The summed E-state index contributed by atoms with van der Waals surface area (Å²) < 4.78 is 54.8. The van der Waals surface area contributed by atoms with E-state index < -0.39 is 11.6 Å². The molecule has 5 heteroatoms. The van der Waals surface area contributed by atoms with Gasteiger partial charge in [0.1, 0.15) is 11.9 Å². The van der Waals surface area contributed by atoms with Gasteiger partial charge in [-0.05, 0) is 48.1 Å². The van der Waals surface area contributed by atoms with Gasteiger partial charge in [0.25, 0.3) is 0 Å². The number of hydrogen-bond acceptors (Lipinski definition) is 2. The zero-order chi connectivity index (χ0) is 22.9. The van der Waals surface area contributed by atoms with Crippen molar-refractivity contribution in [2.75, 3.05) is 13.2 Å². The molecule has 5 rings (SSSR count). The standard InChI is InChI=1S/C28H25F3O2/c1-2-3-21-10-8-20(15-32-21)22-11-9-19(14-25(22)29)17-4-6-18(7-5-17)23-12-13-24(26-16-33-26)28(31)27(23)30/h2-7,9,11-14,20-21,26H,8,10,15-16H2,1H3/b3-2+. The van der Waals surface area contributed by atoms with Crippen LogP contribution in [-0.4, -0.2) is 19.3 Å². The predicted octanol–water partition coefficient (Wildman–Crippen LogP) is 7.35. The first-order chi connectivity index (χ1) is 16.0. The normalized spacial score (nSPS) is 22.6. The molecule has 2 saturated heterocycles. The zero-order valence-electron chi connectivity index (χ0n) is 18.4. The molecular formula is C28H25F3O2. The highest BCUT2D eigenvalue weighted by Gasteiger charge is 2.30. The Labute approximate surface area is 191 Å². The van der Waals surface area contributed by atoms with Gasteiger partial charge in [0.15, 0.2) is 11.6 Å². The Bertz CT molecular complexity index is 1170. The maximum atomic E-state index is 14.9. The van der Waals surface area contributed by atoms with E-state index in [1.54, 1.807) is 36.4 Å². The second-order valence-electron chi connectivity index (χ2n) is 8.64. The summed E-state index contributed by atoms with van der Waals surface area (Å²) in [4.78, 5) is 0. The predicted molar refractivity (Wildman–Crippen MR) is 122 cm³/mol. The minimum absolute atomic E-state index is 0.0461. The summed E-state index contributed by atoms with van der Waals surface area (Å²) in [5, 5.41) is 0. The quantitative estimate of drug-likeness (QED) is 0.299. The Kier molecular flexibility index (Phi) is 6.09. The zero-order valence-corrected chi connectivity index (χ0v) is 18.4. The van der Waals surface area contributed by atoms with Gasteiger partial charge in [-0.1, -0.05) is 60.7 Å². The van der Waals surface area contributed by atoms with Crippen molar-refractivity contribution >= 4 is 0 Å². The van der Waals surface area contributed by atoms with Gasteiger partial charge in [-0.25, -0.2) is 13.2 Å². The summed E-state index contributed by atoms with van der Waals surface area (Å²) in [5.74, 6) is -1.94. The largest absolute Gasteiger partial charge is 0.374 e. The number of hydrogen-bond donors (Lipinski definition) is 0. The van der Waals surface area contributed by atoms with Crippen LogP contribution in [0.25, 0.3) is 22.3 Å². The highest BCUT2D eigenvalue weighted by molar-refractivity contribution is 5.71. The van der Waals surface area contributed by atoms with Crippen molar-refractivity contribution in [2.45, 2.75) is 37.9 Å². The van der Waals surface area contributed by atoms with Crippen LogP contribution >= 0.6 is 0 Å². The van der Waals surface area contributed by atoms with Crippen LogP contribution in [0.5, 0.6) is 0 Å². The third-order valence-electron chi connectivity index (χ3n) is 6.48. The average molecular weight is 451 g/mol. The first-order valence-electron chi connectivity index (χ1n) is 11.3. The average Bonchev–Trinajstić information content (AvgIpc) is 3.67. The lowest BCUT2D eigenvalue weighted by atomic mass is 9.89. The minimum Gasteiger partial charge on any atom is -0.374 e. The summed E-state index contributed by atoms with van der Waals surface area (Å²) in [6, 6.07) is 15.5. The van der Waals surface area contributed by atoms with E-state index in [0.29, 0.717) is 24.3 Å². The van der Waals surface area contributed by atoms with Gasteiger partial charge in [-0.3, -0.25) is 0 Å². The van der Waals surface area contributed by atoms with Crippen molar-refractivity contribution < 1.29 is 22.6 Å². The third kappa shape index (κ3) is 4.48. The number of rotatable bonds is 5. The van der Waals surface area contributed by atoms with Crippen molar-refractivity contribution in [2.24, 2.45) is 0 Å². The van der Waals surface area contributed by atoms with Crippen LogP contribution in [0, 0.1) is 17.5 Å². The van der Waals surface area contributed by atoms with Gasteiger partial charge in [-0.2, -0.15) is 0 Å². The molecule has 3 aromatic rings. The fourth-order valence-electron chi connectivity index (χ4n) is 4.53. The number of ether oxygens (including phenoxy) is 2. The maximum absolute atomic E-state index is 14.9. The SMILES string of the molecule is C/C=C/C1CCC(c2ccc(-c3ccc(-c4ccc(C5CO5)c(F)c4F)cc3)cc2F)CO1. The Morgan fingerprint density at radius 2 is 1.45 bits per heavy atom. The van der Waals surface area contributed by atoms with Gasteiger partial charge in [-0.15, -0.1) is 0 Å². The van der Waals surface area contributed by atoms with Crippen molar-refractivity contribution in [3.05, 3.63) is 95.3 Å². The monoisotopic (exact) mass is 450 g/mol. The topological polar surface area (TPSA) is 21.8 Å². The molecule has 2 heterocycles. The molecule has 0 spiro atoms. The molecule has 3 atom stereocenters. The minimum atomic E-state index is -0.877. The second kappa shape index (κ2) is 9.16. The van der Waals surface area contributed by atoms with Crippen LogP contribution in [0.2, 0.25) is 0 Å². The highest BCUT2D eigenvalue weighted by atomic mass is 19.2. The Hall–Kier alpha value is -2.89. The lowest BCUT2D eigenvalue weighted by Crippen LogP contribution is -2.23. The molecule has 2 nitrogen and oxygen atoms in total. The van der Waals surface area contributed by atoms with Crippen molar-refractivity contribution in [3.8, 4) is 22.3 Å². The summed E-state index contributed by atoms with van der Waals surface area (Å²) in [5.41, 5.74) is 3.22. The van der Waals surface area contributed by atoms with Crippen molar-refractivity contribution in [3.63, 3.8) is 0 Å². The molecule has 0 bridgehead atoms. The summed E-state index contributed by atoms with van der Waals surface area (Å²) in [6.07, 6.45) is 5.55. The maximum Gasteiger partial charge on any atom is 0.167 e. The second-order valence-corrected chi connectivity index (χ2v) is 8.64. The molecule has 0 amide bonds. The Morgan fingerprint density at radius 3 is 2.09 bits per heavy atom. The lowest BCUT2D eigenvalue weighted by molar-refractivity contribution is 0.0319. The molecule has 33 heavy (non-hydrogen) atoms. The molecular weight excluding hydrogens is 425 g/mol. The number of benzene rings is 3. The van der Waals surface area contributed by atoms with E-state index in [0.717, 1.165) is 24.0 Å². The fourth-order valence-corrected chi connectivity index (χ4v) is 4.53. The Balaban J connectivity index is 1.34. The number of allylic oxidation sites excluding steroid dienone is 1. The summed E-state index contributed by atoms with van der Waals surface area (Å²) >= 11 is 0. The first kappa shape index (κ1) is 21.9. The van der Waals surface area contributed by atoms with Crippen molar-refractivity contribution in [1.29, 1.82) is 0 Å². The molecule has 0 aromatic heterocycles. The fraction of sp³-hybridized carbons (Fsp3) is 0.286. The number of halogens is 3. The van der Waals surface area contributed by atoms with E-state index >= 15 is 0 Å². The van der Waals surface area contributed by atoms with Gasteiger partial charge in [0.2, 0.25) is 0 Å². The van der Waals surface area contributed by atoms with Crippen LogP contribution in [0.15, 0.2) is 66.7 Å². The summed E-state index contributed by atoms with van der Waals surface area (Å²) in [6.45, 7) is 2.90. The highest BCUT2D eigenvalue weighted by Crippen LogP contribution is 2.37. The van der Waals surface area contributed by atoms with Gasteiger partial charge < -0.3 is 9.47 Å². The first-order valence-corrected chi connectivity index (χ1v) is 11.3. The van der Waals surface area contributed by atoms with E-state index in [1.165, 1.54) is 6.07 Å². The molecule has 0 radical (unpaired) electrons. The van der Waals surface area contributed by atoms with Crippen LogP contribution in [0.4, 0.5) is 13.2 Å². The summed E-state index contributed by atoms with van der Waals surface area (Å²) in [7, 11) is 0. The third-order valence-corrected chi connectivity index (χ3v) is 6.48. The van der Waals surface area contributed by atoms with Gasteiger partial charge in [0, 0.05) is 17.0 Å². The van der Waals surface area contributed by atoms with Crippen LogP contribution in [0.1, 0.15) is 42.9 Å². The van der Waals surface area contributed by atoms with E-state index in [4.69, 9.17) is 9.47 Å². The Morgan fingerprint density at radius 1 is 0.758 bits per heavy atom. The molecule has 0 saturated carbocycles. The van der Waals surface area contributed by atoms with E-state index in [2.05, 4.69) is 0 Å². The van der Waals surface area contributed by atoms with E-state index in [1.807, 2.05) is 31.2 Å². The van der Waals surface area contributed by atoms with Gasteiger partial charge in [0.05, 0.1) is 19.3 Å². The smallest absolute Gasteiger partial charge is 0.167 e. The number of epoxide rings is 1. The molecule has 0 aliphatic carbocycles. The van der Waals surface area contributed by atoms with Crippen molar-refractivity contribution in [1.82, 2.24) is 0 Å². The molecule has 170 valence electrons. The molecule has 2 fully saturated rings.